The van der Waals surface area contributed by atoms with Crippen molar-refractivity contribution in [3.8, 4) is 17.5 Å². The first-order chi connectivity index (χ1) is 9.56. The summed E-state index contributed by atoms with van der Waals surface area (Å²) in [4.78, 5) is 15.8. The van der Waals surface area contributed by atoms with Crippen LogP contribution in [0.3, 0.4) is 0 Å². The normalized spacial score (nSPS) is 10.3. The third kappa shape index (κ3) is 2.52. The van der Waals surface area contributed by atoms with Gasteiger partial charge in [0.15, 0.2) is 0 Å². The molecule has 0 aliphatic carbocycles. The summed E-state index contributed by atoms with van der Waals surface area (Å²) in [7, 11) is 1.54. The van der Waals surface area contributed by atoms with Crippen LogP contribution < -0.4 is 4.74 Å². The summed E-state index contributed by atoms with van der Waals surface area (Å²) in [6.45, 7) is 3.57. The fraction of sp³-hybridized carbons (Fsp3) is 0.286. The molecule has 0 spiro atoms. The number of methoxy groups -OCH3 is 1. The van der Waals surface area contributed by atoms with Gasteiger partial charge in [-0.3, -0.25) is 4.79 Å². The van der Waals surface area contributed by atoms with Crippen LogP contribution in [-0.4, -0.2) is 27.7 Å². The van der Waals surface area contributed by atoms with Crippen LogP contribution in [0.2, 0.25) is 0 Å². The molecule has 0 unspecified atom stereocenters. The lowest BCUT2D eigenvalue weighted by molar-refractivity contribution is 0.0929. The minimum absolute atomic E-state index is 0.134. The van der Waals surface area contributed by atoms with E-state index in [4.69, 9.17) is 10.00 Å². The zero-order valence-electron chi connectivity index (χ0n) is 11.5. The number of carbonyl (C=O) groups excluding carboxylic acids is 1. The number of Topliss-reactive ketones (excluding diaryl/α,β-unsaturated/α-hetero) is 1. The number of hydrogen-bond donors (Lipinski definition) is 0. The number of aromatic nitrogens is 3. The lowest BCUT2D eigenvalue weighted by atomic mass is 10.1. The summed E-state index contributed by atoms with van der Waals surface area (Å²) in [5.74, 6) is 0.440. The van der Waals surface area contributed by atoms with E-state index in [0.717, 1.165) is 0 Å². The molecule has 0 saturated heterocycles. The average molecular weight is 270 g/mol. The zero-order valence-corrected chi connectivity index (χ0v) is 11.5. The summed E-state index contributed by atoms with van der Waals surface area (Å²) >= 11 is 0. The van der Waals surface area contributed by atoms with Gasteiger partial charge in [-0.1, -0.05) is 13.8 Å². The van der Waals surface area contributed by atoms with E-state index in [1.807, 2.05) is 0 Å². The van der Waals surface area contributed by atoms with Crippen molar-refractivity contribution in [3.05, 3.63) is 35.9 Å². The van der Waals surface area contributed by atoms with Crippen LogP contribution >= 0.6 is 0 Å². The second-order valence-corrected chi connectivity index (χ2v) is 4.53. The summed E-state index contributed by atoms with van der Waals surface area (Å²) in [5.41, 5.74) is 0.960. The summed E-state index contributed by atoms with van der Waals surface area (Å²) in [6, 6.07) is 7.09. The van der Waals surface area contributed by atoms with E-state index in [9.17, 15) is 4.79 Å². The Kier molecular flexibility index (Phi) is 3.80. The van der Waals surface area contributed by atoms with Gasteiger partial charge in [-0.25, -0.2) is 9.67 Å². The summed E-state index contributed by atoms with van der Waals surface area (Å²) in [5, 5.41) is 13.3. The number of hydrogen-bond acceptors (Lipinski definition) is 5. The lowest BCUT2D eigenvalue weighted by Crippen LogP contribution is -2.10. The van der Waals surface area contributed by atoms with Gasteiger partial charge in [0.1, 0.15) is 18.1 Å². The number of rotatable bonds is 4. The predicted octanol–water partition coefficient (Wildman–Crippen LogP) is 1.99. The Morgan fingerprint density at radius 3 is 2.80 bits per heavy atom. The standard InChI is InChI=1S/C14H14N4O2/c1-9(2)13(19)14-16-8-18(17-14)12-6-11(20-3)5-4-10(12)7-15/h4-6,8-9H,1-3H3. The topological polar surface area (TPSA) is 80.8 Å². The Hall–Kier alpha value is -2.68. The van der Waals surface area contributed by atoms with E-state index < -0.39 is 0 Å². The highest BCUT2D eigenvalue weighted by Gasteiger charge is 2.17. The largest absolute Gasteiger partial charge is 0.497 e. The van der Waals surface area contributed by atoms with E-state index >= 15 is 0 Å². The Morgan fingerprint density at radius 2 is 2.20 bits per heavy atom. The first-order valence-electron chi connectivity index (χ1n) is 6.11. The number of nitriles is 1. The molecule has 0 amide bonds. The molecule has 0 N–H and O–H groups in total. The van der Waals surface area contributed by atoms with Crippen molar-refractivity contribution in [2.75, 3.05) is 7.11 Å². The fourth-order valence-electron chi connectivity index (χ4n) is 1.67. The Bertz CT molecular complexity index is 683. The molecular weight excluding hydrogens is 256 g/mol. The molecule has 1 aromatic heterocycles. The molecule has 0 aliphatic rings. The fourth-order valence-corrected chi connectivity index (χ4v) is 1.67. The third-order valence-electron chi connectivity index (χ3n) is 2.81. The molecule has 2 rings (SSSR count). The van der Waals surface area contributed by atoms with Crippen molar-refractivity contribution in [2.24, 2.45) is 5.92 Å². The van der Waals surface area contributed by atoms with Crippen molar-refractivity contribution < 1.29 is 9.53 Å². The van der Waals surface area contributed by atoms with Gasteiger partial charge < -0.3 is 4.74 Å². The maximum atomic E-state index is 11.8. The van der Waals surface area contributed by atoms with Gasteiger partial charge in [0, 0.05) is 12.0 Å². The summed E-state index contributed by atoms with van der Waals surface area (Å²) < 4.78 is 6.54. The lowest BCUT2D eigenvalue weighted by Gasteiger charge is -2.06. The van der Waals surface area contributed by atoms with Crippen molar-refractivity contribution >= 4 is 5.78 Å². The van der Waals surface area contributed by atoms with Crippen molar-refractivity contribution in [2.45, 2.75) is 13.8 Å². The van der Waals surface area contributed by atoms with Gasteiger partial charge in [0.2, 0.25) is 11.6 Å². The minimum atomic E-state index is -0.174. The molecule has 6 nitrogen and oxygen atoms in total. The molecule has 1 heterocycles. The average Bonchev–Trinajstić information content (AvgIpc) is 2.95. The number of nitrogens with zero attached hydrogens (tertiary/aromatic N) is 4. The Balaban J connectivity index is 2.47. The maximum absolute atomic E-state index is 11.8. The molecule has 0 bridgehead atoms. The molecule has 0 saturated carbocycles. The highest BCUT2D eigenvalue weighted by Crippen LogP contribution is 2.20. The predicted molar refractivity (Wildman–Crippen MR) is 71.8 cm³/mol. The summed E-state index contributed by atoms with van der Waals surface area (Å²) in [6.07, 6.45) is 1.42. The zero-order chi connectivity index (χ0) is 14.7. The van der Waals surface area contributed by atoms with E-state index in [1.165, 1.54) is 11.0 Å². The van der Waals surface area contributed by atoms with Gasteiger partial charge >= 0.3 is 0 Å². The van der Waals surface area contributed by atoms with Crippen LogP contribution in [0, 0.1) is 17.2 Å². The molecule has 2 aromatic rings. The number of ketones is 1. The third-order valence-corrected chi connectivity index (χ3v) is 2.81. The van der Waals surface area contributed by atoms with Gasteiger partial charge in [0.25, 0.3) is 0 Å². The molecule has 0 radical (unpaired) electrons. The number of benzene rings is 1. The minimum Gasteiger partial charge on any atom is -0.497 e. The Labute approximate surface area is 116 Å². The molecule has 6 heteroatoms. The Morgan fingerprint density at radius 1 is 1.45 bits per heavy atom. The molecular formula is C14H14N4O2. The van der Waals surface area contributed by atoms with E-state index in [0.29, 0.717) is 17.0 Å². The first-order valence-corrected chi connectivity index (χ1v) is 6.11. The smallest absolute Gasteiger partial charge is 0.217 e. The number of carbonyl (C=O) groups is 1. The number of ether oxygens (including phenoxy) is 1. The highest BCUT2D eigenvalue weighted by atomic mass is 16.5. The first kappa shape index (κ1) is 13.7. The van der Waals surface area contributed by atoms with Crippen molar-refractivity contribution in [1.82, 2.24) is 14.8 Å². The van der Waals surface area contributed by atoms with E-state index in [-0.39, 0.29) is 17.5 Å². The molecule has 102 valence electrons. The molecule has 20 heavy (non-hydrogen) atoms. The molecule has 0 fully saturated rings. The SMILES string of the molecule is COc1ccc(C#N)c(-n2cnc(C(=O)C(C)C)n2)c1. The quantitative estimate of drug-likeness (QED) is 0.793. The van der Waals surface area contributed by atoms with Gasteiger partial charge in [0.05, 0.1) is 18.4 Å². The highest BCUT2D eigenvalue weighted by molar-refractivity contribution is 5.93. The molecule has 0 aliphatic heterocycles. The molecule has 1 aromatic carbocycles. The van der Waals surface area contributed by atoms with Gasteiger partial charge in [-0.2, -0.15) is 5.26 Å². The van der Waals surface area contributed by atoms with E-state index in [1.54, 1.807) is 39.2 Å². The van der Waals surface area contributed by atoms with E-state index in [2.05, 4.69) is 16.2 Å². The maximum Gasteiger partial charge on any atom is 0.217 e. The monoisotopic (exact) mass is 270 g/mol. The van der Waals surface area contributed by atoms with Crippen LogP contribution in [0.4, 0.5) is 0 Å². The van der Waals surface area contributed by atoms with Gasteiger partial charge in [-0.05, 0) is 12.1 Å². The van der Waals surface area contributed by atoms with Gasteiger partial charge in [-0.15, -0.1) is 5.10 Å². The molecule has 0 atom stereocenters. The second-order valence-electron chi connectivity index (χ2n) is 4.53. The van der Waals surface area contributed by atoms with Crippen molar-refractivity contribution in [1.29, 1.82) is 5.26 Å². The van der Waals surface area contributed by atoms with Crippen LogP contribution in [-0.2, 0) is 0 Å². The van der Waals surface area contributed by atoms with Crippen molar-refractivity contribution in [3.63, 3.8) is 0 Å². The van der Waals surface area contributed by atoms with Crippen LogP contribution in [0.25, 0.3) is 5.69 Å². The van der Waals surface area contributed by atoms with Crippen LogP contribution in [0.5, 0.6) is 5.75 Å². The van der Waals surface area contributed by atoms with Crippen LogP contribution in [0.1, 0.15) is 30.0 Å². The van der Waals surface area contributed by atoms with Crippen LogP contribution in [0.15, 0.2) is 24.5 Å². The second kappa shape index (κ2) is 5.53.